The minimum atomic E-state index is -3.92. The van der Waals surface area contributed by atoms with Crippen molar-refractivity contribution in [2.75, 3.05) is 0 Å². The molecule has 6 nitrogen and oxygen atoms in total. The predicted octanol–water partition coefficient (Wildman–Crippen LogP) is 6.53. The Balaban J connectivity index is 1.60. The van der Waals surface area contributed by atoms with E-state index < -0.39 is 10.0 Å². The van der Waals surface area contributed by atoms with E-state index in [9.17, 15) is 13.2 Å². The summed E-state index contributed by atoms with van der Waals surface area (Å²) < 4.78 is 30.4. The summed E-state index contributed by atoms with van der Waals surface area (Å²) in [4.78, 5) is 17.5. The van der Waals surface area contributed by atoms with Gasteiger partial charge < -0.3 is 4.57 Å². The van der Waals surface area contributed by atoms with Gasteiger partial charge in [0, 0.05) is 40.1 Å². The van der Waals surface area contributed by atoms with Gasteiger partial charge in [-0.3, -0.25) is 4.79 Å². The second-order valence-corrected chi connectivity index (χ2v) is 11.9. The number of nitrogens with zero attached hydrogens (tertiary/aromatic N) is 3. The average molecular weight is 603 g/mol. The van der Waals surface area contributed by atoms with Gasteiger partial charge in [0.15, 0.2) is 5.65 Å². The molecule has 0 bridgehead atoms. The zero-order chi connectivity index (χ0) is 25.6. The maximum Gasteiger partial charge on any atom is 0.269 e. The lowest BCUT2D eigenvalue weighted by atomic mass is 10.1. The fraction of sp³-hybridized carbons (Fsp3) is 0.0769. The molecule has 0 unspecified atom stereocenters. The molecule has 36 heavy (non-hydrogen) atoms. The van der Waals surface area contributed by atoms with Crippen LogP contribution in [-0.4, -0.2) is 21.9 Å². The molecule has 10 heteroatoms. The first kappa shape index (κ1) is 24.8. The van der Waals surface area contributed by atoms with E-state index in [1.165, 1.54) is 12.3 Å². The van der Waals surface area contributed by atoms with Crippen LogP contribution in [0.1, 0.15) is 11.1 Å². The van der Waals surface area contributed by atoms with Gasteiger partial charge in [-0.15, -0.1) is 0 Å². The highest BCUT2D eigenvalue weighted by Gasteiger charge is 2.23. The fourth-order valence-corrected chi connectivity index (χ4v) is 5.91. The Morgan fingerprint density at radius 3 is 2.42 bits per heavy atom. The van der Waals surface area contributed by atoms with Crippen LogP contribution in [0.2, 0.25) is 10.0 Å². The number of hydrogen-bond donors (Lipinski definition) is 0. The van der Waals surface area contributed by atoms with E-state index in [4.69, 9.17) is 23.2 Å². The Bertz CT molecular complexity index is 1800. The molecule has 0 aliphatic rings. The molecule has 2 aromatic carbocycles. The maximum atomic E-state index is 13.5. The molecule has 0 amide bonds. The Morgan fingerprint density at radius 2 is 1.72 bits per heavy atom. The van der Waals surface area contributed by atoms with Gasteiger partial charge in [0.1, 0.15) is 0 Å². The fourth-order valence-electron chi connectivity index (χ4n) is 3.93. The average Bonchev–Trinajstić information content (AvgIpc) is 3.22. The molecule has 3 aromatic heterocycles. The Morgan fingerprint density at radius 1 is 0.972 bits per heavy atom. The minimum Gasteiger partial charge on any atom is -0.311 e. The number of aromatic nitrogens is 3. The number of rotatable bonds is 5. The number of aryl methyl sites for hydroxylation is 1. The molecule has 0 N–H and O–H groups in total. The smallest absolute Gasteiger partial charge is 0.269 e. The van der Waals surface area contributed by atoms with Crippen molar-refractivity contribution in [3.63, 3.8) is 0 Å². The lowest BCUT2D eigenvalue weighted by molar-refractivity contribution is 0.589. The summed E-state index contributed by atoms with van der Waals surface area (Å²) in [6.45, 7) is 2.20. The molecule has 0 saturated heterocycles. The van der Waals surface area contributed by atoms with Crippen LogP contribution in [-0.2, 0) is 16.6 Å². The van der Waals surface area contributed by atoms with E-state index in [-0.39, 0.29) is 16.1 Å². The van der Waals surface area contributed by atoms with Crippen molar-refractivity contribution in [1.82, 2.24) is 13.5 Å². The highest BCUT2D eigenvalue weighted by molar-refractivity contribution is 9.10. The lowest BCUT2D eigenvalue weighted by Crippen LogP contribution is -2.19. The van der Waals surface area contributed by atoms with Gasteiger partial charge in [-0.25, -0.2) is 17.4 Å². The number of pyridine rings is 2. The largest absolute Gasteiger partial charge is 0.311 e. The molecular weight excluding hydrogens is 585 g/mol. The molecule has 0 fully saturated rings. The molecule has 3 heterocycles. The van der Waals surface area contributed by atoms with E-state index in [0.29, 0.717) is 37.6 Å². The number of hydrogen-bond acceptors (Lipinski definition) is 4. The normalized spacial score (nSPS) is 11.8. The van der Waals surface area contributed by atoms with Crippen LogP contribution < -0.4 is 5.56 Å². The van der Waals surface area contributed by atoms with Crippen molar-refractivity contribution in [1.29, 1.82) is 0 Å². The summed E-state index contributed by atoms with van der Waals surface area (Å²) in [7, 11) is -3.92. The van der Waals surface area contributed by atoms with Gasteiger partial charge in [0.2, 0.25) is 0 Å². The van der Waals surface area contributed by atoms with Crippen LogP contribution in [0, 0.1) is 6.92 Å². The quantitative estimate of drug-likeness (QED) is 0.229. The molecule has 0 saturated carbocycles. The van der Waals surface area contributed by atoms with Gasteiger partial charge >= 0.3 is 0 Å². The van der Waals surface area contributed by atoms with Gasteiger partial charge in [-0.05, 0) is 70.4 Å². The van der Waals surface area contributed by atoms with Crippen molar-refractivity contribution in [3.8, 4) is 11.1 Å². The van der Waals surface area contributed by atoms with Crippen molar-refractivity contribution in [2.24, 2.45) is 0 Å². The van der Waals surface area contributed by atoms with Crippen LogP contribution in [0.25, 0.3) is 22.2 Å². The topological polar surface area (TPSA) is 74.0 Å². The third kappa shape index (κ3) is 4.62. The zero-order valence-corrected chi connectivity index (χ0v) is 22.7. The van der Waals surface area contributed by atoms with E-state index in [2.05, 4.69) is 20.9 Å². The summed E-state index contributed by atoms with van der Waals surface area (Å²) in [5.74, 6) is 0. The van der Waals surface area contributed by atoms with Crippen LogP contribution in [0.3, 0.4) is 0 Å². The van der Waals surface area contributed by atoms with Crippen LogP contribution in [0.15, 0.2) is 93.4 Å². The third-order valence-electron chi connectivity index (χ3n) is 5.80. The molecular formula is C26H18BrCl2N3O3S. The first-order valence-corrected chi connectivity index (χ1v) is 13.8. The first-order valence-electron chi connectivity index (χ1n) is 10.8. The molecule has 5 aromatic rings. The summed E-state index contributed by atoms with van der Waals surface area (Å²) in [6, 6.07) is 16.9. The zero-order valence-electron chi connectivity index (χ0n) is 18.8. The Hall–Kier alpha value is -2.91. The minimum absolute atomic E-state index is 0.151. The second kappa shape index (κ2) is 9.52. The second-order valence-electron chi connectivity index (χ2n) is 8.31. The maximum absolute atomic E-state index is 13.5. The number of fused-ring (bicyclic) bond motifs is 1. The summed E-state index contributed by atoms with van der Waals surface area (Å²) in [6.07, 6.45) is 4.73. The van der Waals surface area contributed by atoms with Crippen LogP contribution in [0.4, 0.5) is 0 Å². The van der Waals surface area contributed by atoms with E-state index in [1.54, 1.807) is 71.6 Å². The molecule has 0 aliphatic heterocycles. The van der Waals surface area contributed by atoms with Crippen LogP contribution in [0.5, 0.6) is 0 Å². The lowest BCUT2D eigenvalue weighted by Gasteiger charge is -2.08. The van der Waals surface area contributed by atoms with E-state index in [1.807, 2.05) is 6.92 Å². The molecule has 0 radical (unpaired) electrons. The predicted molar refractivity (Wildman–Crippen MR) is 146 cm³/mol. The van der Waals surface area contributed by atoms with Crippen molar-refractivity contribution in [3.05, 3.63) is 115 Å². The Kier molecular flexibility index (Phi) is 6.55. The van der Waals surface area contributed by atoms with Crippen molar-refractivity contribution in [2.45, 2.75) is 18.4 Å². The SMILES string of the molecule is Cc1ccc(S(=O)(=O)n2cc(-c3ccn(Cc4ccc(Cl)c(Cl)c4)c(=O)c3)c3cc(Br)cnc32)cc1. The van der Waals surface area contributed by atoms with Crippen LogP contribution >= 0.6 is 39.1 Å². The van der Waals surface area contributed by atoms with Crippen molar-refractivity contribution >= 4 is 60.2 Å². The van der Waals surface area contributed by atoms with E-state index >= 15 is 0 Å². The highest BCUT2D eigenvalue weighted by Crippen LogP contribution is 2.33. The number of halogens is 3. The first-order chi connectivity index (χ1) is 17.1. The monoisotopic (exact) mass is 601 g/mol. The molecule has 5 rings (SSSR count). The molecule has 0 spiro atoms. The Labute approximate surface area is 225 Å². The highest BCUT2D eigenvalue weighted by atomic mass is 79.9. The van der Waals surface area contributed by atoms with Crippen molar-refractivity contribution < 1.29 is 8.42 Å². The summed E-state index contributed by atoms with van der Waals surface area (Å²) in [5, 5.41) is 1.46. The molecule has 182 valence electrons. The van der Waals surface area contributed by atoms with Gasteiger partial charge in [-0.1, -0.05) is 47.0 Å². The molecule has 0 aliphatic carbocycles. The van der Waals surface area contributed by atoms with Gasteiger partial charge in [0.05, 0.1) is 21.5 Å². The molecule has 0 atom stereocenters. The number of benzene rings is 2. The third-order valence-corrected chi connectivity index (χ3v) is 8.64. The van der Waals surface area contributed by atoms with Gasteiger partial charge in [-0.2, -0.15) is 0 Å². The van der Waals surface area contributed by atoms with Gasteiger partial charge in [0.25, 0.3) is 15.6 Å². The summed E-state index contributed by atoms with van der Waals surface area (Å²) >= 11 is 15.5. The van der Waals surface area contributed by atoms with E-state index in [0.717, 1.165) is 15.1 Å². The summed E-state index contributed by atoms with van der Waals surface area (Å²) in [5.41, 5.74) is 2.96. The standard InChI is InChI=1S/C26H18BrCl2N3O3S/c1-16-2-5-20(6-3-16)36(34,35)32-15-22(21-12-19(27)13-30-26(21)32)18-8-9-31(25(33)11-18)14-17-4-7-23(28)24(29)10-17/h2-13,15H,14H2,1H3.